The van der Waals surface area contributed by atoms with Crippen molar-refractivity contribution in [3.05, 3.63) is 29.0 Å². The maximum atomic E-state index is 11.0. The third kappa shape index (κ3) is 2.63. The molecule has 2 aromatic rings. The van der Waals surface area contributed by atoms with E-state index in [-0.39, 0.29) is 5.92 Å². The molecule has 1 fully saturated rings. The quantitative estimate of drug-likeness (QED) is 0.923. The summed E-state index contributed by atoms with van der Waals surface area (Å²) in [4.78, 5) is 22.5. The molecule has 3 rings (SSSR count). The Balaban J connectivity index is 1.92. The second kappa shape index (κ2) is 5.55. The molecule has 5 heteroatoms. The van der Waals surface area contributed by atoms with Crippen molar-refractivity contribution >= 4 is 22.8 Å². The summed E-state index contributed by atoms with van der Waals surface area (Å²) in [5.74, 6) is -0.207. The normalized spacial score (nSPS) is 16.2. The molecule has 1 aromatic carbocycles. The zero-order valence-electron chi connectivity index (χ0n) is 13.3. The van der Waals surface area contributed by atoms with Crippen LogP contribution in [-0.2, 0) is 4.79 Å². The van der Waals surface area contributed by atoms with Gasteiger partial charge in [-0.2, -0.15) is 0 Å². The van der Waals surface area contributed by atoms with E-state index in [0.29, 0.717) is 25.9 Å². The molecule has 0 aliphatic carbocycles. The van der Waals surface area contributed by atoms with Crippen molar-refractivity contribution in [1.29, 1.82) is 0 Å². The van der Waals surface area contributed by atoms with Gasteiger partial charge in [-0.25, -0.2) is 9.97 Å². The van der Waals surface area contributed by atoms with Crippen LogP contribution in [0.4, 0.5) is 5.95 Å². The van der Waals surface area contributed by atoms with Gasteiger partial charge in [0.15, 0.2) is 0 Å². The number of rotatable bonds is 2. The average molecular weight is 299 g/mol. The number of aryl methyl sites for hydroxylation is 3. The van der Waals surface area contributed by atoms with Gasteiger partial charge < -0.3 is 10.0 Å². The van der Waals surface area contributed by atoms with Crippen LogP contribution in [0.5, 0.6) is 0 Å². The maximum absolute atomic E-state index is 11.0. The molecular weight excluding hydrogens is 278 g/mol. The molecular formula is C17H21N3O2. The number of fused-ring (bicyclic) bond motifs is 1. The second-order valence-electron chi connectivity index (χ2n) is 6.16. The highest BCUT2D eigenvalue weighted by molar-refractivity contribution is 5.83. The Bertz CT molecular complexity index is 734. The van der Waals surface area contributed by atoms with E-state index in [2.05, 4.69) is 35.9 Å². The minimum absolute atomic E-state index is 0.234. The molecule has 2 heterocycles. The molecule has 1 aromatic heterocycles. The fraction of sp³-hybridized carbons (Fsp3) is 0.471. The summed E-state index contributed by atoms with van der Waals surface area (Å²) in [5, 5.41) is 10.2. The van der Waals surface area contributed by atoms with Gasteiger partial charge in [0.05, 0.1) is 17.1 Å². The van der Waals surface area contributed by atoms with Crippen molar-refractivity contribution in [2.45, 2.75) is 33.6 Å². The molecule has 1 aliphatic heterocycles. The van der Waals surface area contributed by atoms with E-state index in [0.717, 1.165) is 22.5 Å². The molecule has 0 spiro atoms. The van der Waals surface area contributed by atoms with Crippen LogP contribution in [0, 0.1) is 26.7 Å². The van der Waals surface area contributed by atoms with Crippen molar-refractivity contribution in [3.63, 3.8) is 0 Å². The Morgan fingerprint density at radius 1 is 1.14 bits per heavy atom. The Morgan fingerprint density at radius 3 is 2.41 bits per heavy atom. The van der Waals surface area contributed by atoms with Crippen molar-refractivity contribution in [2.75, 3.05) is 18.0 Å². The summed E-state index contributed by atoms with van der Waals surface area (Å²) >= 11 is 0. The molecule has 1 N–H and O–H groups in total. The van der Waals surface area contributed by atoms with Crippen LogP contribution in [0.15, 0.2) is 12.1 Å². The van der Waals surface area contributed by atoms with E-state index in [1.807, 2.05) is 6.92 Å². The number of anilines is 1. The van der Waals surface area contributed by atoms with Gasteiger partial charge in [0.1, 0.15) is 0 Å². The molecule has 0 radical (unpaired) electrons. The van der Waals surface area contributed by atoms with Crippen LogP contribution in [0.1, 0.15) is 29.7 Å². The number of carboxylic acids is 1. The minimum Gasteiger partial charge on any atom is -0.481 e. The van der Waals surface area contributed by atoms with Crippen LogP contribution >= 0.6 is 0 Å². The van der Waals surface area contributed by atoms with Crippen LogP contribution in [-0.4, -0.2) is 34.1 Å². The van der Waals surface area contributed by atoms with E-state index in [1.165, 1.54) is 11.1 Å². The fourth-order valence-corrected chi connectivity index (χ4v) is 2.99. The zero-order chi connectivity index (χ0) is 15.9. The number of carbonyl (C=O) groups is 1. The van der Waals surface area contributed by atoms with Crippen molar-refractivity contribution in [3.8, 4) is 0 Å². The SMILES string of the molecule is Cc1cc2nc(N3CCC(C(=O)O)CC3)nc(C)c2cc1C. The number of hydrogen-bond acceptors (Lipinski definition) is 4. The van der Waals surface area contributed by atoms with Gasteiger partial charge in [0.2, 0.25) is 5.95 Å². The standard InChI is InChI=1S/C17H21N3O2/c1-10-8-14-12(3)18-17(19-15(14)9-11(10)2)20-6-4-13(5-7-20)16(21)22/h8-9,13H,4-7H2,1-3H3,(H,21,22). The van der Waals surface area contributed by atoms with E-state index < -0.39 is 5.97 Å². The Hall–Kier alpha value is -2.17. The zero-order valence-corrected chi connectivity index (χ0v) is 13.3. The lowest BCUT2D eigenvalue weighted by Gasteiger charge is -2.30. The summed E-state index contributed by atoms with van der Waals surface area (Å²) in [6.45, 7) is 7.59. The number of carboxylic acid groups (broad SMARTS) is 1. The fourth-order valence-electron chi connectivity index (χ4n) is 2.99. The summed E-state index contributed by atoms with van der Waals surface area (Å²) in [5.41, 5.74) is 4.41. The number of piperidine rings is 1. The second-order valence-corrected chi connectivity index (χ2v) is 6.16. The van der Waals surface area contributed by atoms with E-state index >= 15 is 0 Å². The highest BCUT2D eigenvalue weighted by Gasteiger charge is 2.26. The number of aliphatic carboxylic acids is 1. The lowest BCUT2D eigenvalue weighted by Crippen LogP contribution is -2.37. The molecule has 116 valence electrons. The summed E-state index contributed by atoms with van der Waals surface area (Å²) in [7, 11) is 0. The summed E-state index contributed by atoms with van der Waals surface area (Å²) < 4.78 is 0. The van der Waals surface area contributed by atoms with Crippen molar-refractivity contribution in [1.82, 2.24) is 9.97 Å². The molecule has 5 nitrogen and oxygen atoms in total. The predicted octanol–water partition coefficient (Wildman–Crippen LogP) is 2.86. The number of nitrogens with zero attached hydrogens (tertiary/aromatic N) is 3. The molecule has 0 amide bonds. The first kappa shape index (κ1) is 14.8. The van der Waals surface area contributed by atoms with Crippen LogP contribution in [0.25, 0.3) is 10.9 Å². The molecule has 22 heavy (non-hydrogen) atoms. The van der Waals surface area contributed by atoms with Crippen molar-refractivity contribution in [2.24, 2.45) is 5.92 Å². The van der Waals surface area contributed by atoms with Gasteiger partial charge in [-0.15, -0.1) is 0 Å². The molecule has 0 unspecified atom stereocenters. The minimum atomic E-state index is -0.693. The number of aromatic nitrogens is 2. The topological polar surface area (TPSA) is 66.3 Å². The smallest absolute Gasteiger partial charge is 0.306 e. The average Bonchev–Trinajstić information content (AvgIpc) is 2.49. The first-order chi connectivity index (χ1) is 10.5. The lowest BCUT2D eigenvalue weighted by atomic mass is 9.97. The Morgan fingerprint density at radius 2 is 1.77 bits per heavy atom. The lowest BCUT2D eigenvalue weighted by molar-refractivity contribution is -0.142. The third-order valence-electron chi connectivity index (χ3n) is 4.62. The van der Waals surface area contributed by atoms with E-state index in [1.54, 1.807) is 0 Å². The van der Waals surface area contributed by atoms with Crippen LogP contribution < -0.4 is 4.90 Å². The number of benzene rings is 1. The van der Waals surface area contributed by atoms with E-state index in [4.69, 9.17) is 10.1 Å². The molecule has 0 bridgehead atoms. The molecule has 1 saturated heterocycles. The first-order valence-electron chi connectivity index (χ1n) is 7.69. The number of hydrogen-bond donors (Lipinski definition) is 1. The monoisotopic (exact) mass is 299 g/mol. The predicted molar refractivity (Wildman–Crippen MR) is 86.3 cm³/mol. The van der Waals surface area contributed by atoms with Crippen molar-refractivity contribution < 1.29 is 9.90 Å². The van der Waals surface area contributed by atoms with Gasteiger partial charge in [0, 0.05) is 18.5 Å². The molecule has 0 saturated carbocycles. The largest absolute Gasteiger partial charge is 0.481 e. The third-order valence-corrected chi connectivity index (χ3v) is 4.62. The van der Waals surface area contributed by atoms with Gasteiger partial charge in [-0.1, -0.05) is 0 Å². The Labute approximate surface area is 130 Å². The van der Waals surface area contributed by atoms with Gasteiger partial charge in [0.25, 0.3) is 0 Å². The van der Waals surface area contributed by atoms with Crippen LogP contribution in [0.3, 0.4) is 0 Å². The molecule has 1 aliphatic rings. The Kier molecular flexibility index (Phi) is 3.72. The van der Waals surface area contributed by atoms with Gasteiger partial charge >= 0.3 is 5.97 Å². The highest BCUT2D eigenvalue weighted by atomic mass is 16.4. The van der Waals surface area contributed by atoms with Gasteiger partial charge in [-0.05, 0) is 56.9 Å². The first-order valence-corrected chi connectivity index (χ1v) is 7.69. The highest BCUT2D eigenvalue weighted by Crippen LogP contribution is 2.25. The summed E-state index contributed by atoms with van der Waals surface area (Å²) in [6, 6.07) is 4.24. The summed E-state index contributed by atoms with van der Waals surface area (Å²) in [6.07, 6.45) is 1.31. The maximum Gasteiger partial charge on any atom is 0.306 e. The van der Waals surface area contributed by atoms with E-state index in [9.17, 15) is 4.79 Å². The van der Waals surface area contributed by atoms with Gasteiger partial charge in [-0.3, -0.25) is 4.79 Å². The molecule has 0 atom stereocenters. The van der Waals surface area contributed by atoms with Crippen LogP contribution in [0.2, 0.25) is 0 Å².